The molecule has 2 rings (SSSR count). The van der Waals surface area contributed by atoms with E-state index in [1.54, 1.807) is 29.2 Å². The van der Waals surface area contributed by atoms with E-state index in [2.05, 4.69) is 0 Å². The Bertz CT molecular complexity index is 514. The molecule has 0 bridgehead atoms. The van der Waals surface area contributed by atoms with Crippen molar-refractivity contribution in [3.05, 3.63) is 35.4 Å². The summed E-state index contributed by atoms with van der Waals surface area (Å²) in [5.74, 6) is 0.290. The summed E-state index contributed by atoms with van der Waals surface area (Å²) in [6.07, 6.45) is 0.528. The van der Waals surface area contributed by atoms with Crippen molar-refractivity contribution in [1.82, 2.24) is 4.90 Å². The van der Waals surface area contributed by atoms with E-state index in [-0.39, 0.29) is 18.2 Å². The Hall–Kier alpha value is -2.15. The summed E-state index contributed by atoms with van der Waals surface area (Å²) in [5.41, 5.74) is 1.07. The third kappa shape index (κ3) is 2.57. The highest BCUT2D eigenvalue weighted by molar-refractivity contribution is 5.99. The predicted octanol–water partition coefficient (Wildman–Crippen LogP) is 1.61. The highest BCUT2D eigenvalue weighted by Crippen LogP contribution is 2.17. The predicted molar refractivity (Wildman–Crippen MR) is 65.8 cm³/mol. The van der Waals surface area contributed by atoms with Gasteiger partial charge in [0.15, 0.2) is 5.78 Å². The lowest BCUT2D eigenvalue weighted by Crippen LogP contribution is -2.31. The van der Waals surface area contributed by atoms with Crippen LogP contribution in [-0.4, -0.2) is 29.7 Å². The molecule has 4 nitrogen and oxygen atoms in total. The lowest BCUT2D eigenvalue weighted by molar-refractivity contribution is -0.127. The quantitative estimate of drug-likeness (QED) is 0.756. The second-order valence-electron chi connectivity index (χ2n) is 4.70. The van der Waals surface area contributed by atoms with Crippen LogP contribution in [0, 0.1) is 17.2 Å². The van der Waals surface area contributed by atoms with E-state index in [0.29, 0.717) is 30.0 Å². The monoisotopic (exact) mass is 242 g/mol. The largest absolute Gasteiger partial charge is 0.335 e. The molecular formula is C14H14N2O2. The SMILES string of the molecule is CC1CC(=O)N(CC(=O)c2ccc(C#N)cc2)C1. The van der Waals surface area contributed by atoms with Crippen LogP contribution >= 0.6 is 0 Å². The van der Waals surface area contributed by atoms with Crippen molar-refractivity contribution < 1.29 is 9.59 Å². The number of nitriles is 1. The van der Waals surface area contributed by atoms with Gasteiger partial charge in [0, 0.05) is 18.5 Å². The molecule has 0 aliphatic carbocycles. The molecule has 1 aromatic rings. The van der Waals surface area contributed by atoms with Crippen molar-refractivity contribution >= 4 is 11.7 Å². The number of carbonyl (C=O) groups is 2. The fourth-order valence-electron chi connectivity index (χ4n) is 2.12. The highest BCUT2D eigenvalue weighted by Gasteiger charge is 2.27. The van der Waals surface area contributed by atoms with Gasteiger partial charge >= 0.3 is 0 Å². The number of hydrogen-bond acceptors (Lipinski definition) is 3. The van der Waals surface area contributed by atoms with Crippen molar-refractivity contribution in [3.63, 3.8) is 0 Å². The summed E-state index contributed by atoms with van der Waals surface area (Å²) in [6.45, 7) is 2.79. The Kier molecular flexibility index (Phi) is 3.42. The van der Waals surface area contributed by atoms with Crippen LogP contribution < -0.4 is 0 Å². The number of hydrogen-bond donors (Lipinski definition) is 0. The first-order valence-corrected chi connectivity index (χ1v) is 5.91. The molecular weight excluding hydrogens is 228 g/mol. The van der Waals surface area contributed by atoms with Gasteiger partial charge in [-0.15, -0.1) is 0 Å². The Morgan fingerprint density at radius 2 is 2.11 bits per heavy atom. The van der Waals surface area contributed by atoms with Gasteiger partial charge in [0.1, 0.15) is 0 Å². The first-order valence-electron chi connectivity index (χ1n) is 5.91. The summed E-state index contributed by atoms with van der Waals surface area (Å²) in [7, 11) is 0. The molecule has 0 saturated carbocycles. The summed E-state index contributed by atoms with van der Waals surface area (Å²) in [6, 6.07) is 8.49. The zero-order valence-electron chi connectivity index (χ0n) is 10.2. The van der Waals surface area contributed by atoms with E-state index < -0.39 is 0 Å². The molecule has 1 amide bonds. The van der Waals surface area contributed by atoms with Crippen molar-refractivity contribution in [2.45, 2.75) is 13.3 Å². The maximum atomic E-state index is 12.0. The van der Waals surface area contributed by atoms with Crippen LogP contribution in [0.15, 0.2) is 24.3 Å². The van der Waals surface area contributed by atoms with Gasteiger partial charge in [0.2, 0.25) is 5.91 Å². The molecule has 1 fully saturated rings. The van der Waals surface area contributed by atoms with E-state index in [1.165, 1.54) is 0 Å². The number of amides is 1. The molecule has 1 aliphatic heterocycles. The molecule has 18 heavy (non-hydrogen) atoms. The molecule has 1 heterocycles. The van der Waals surface area contributed by atoms with Crippen LogP contribution in [0.5, 0.6) is 0 Å². The van der Waals surface area contributed by atoms with Gasteiger partial charge < -0.3 is 4.90 Å². The van der Waals surface area contributed by atoms with Crippen LogP contribution in [0.1, 0.15) is 29.3 Å². The molecule has 1 aromatic carbocycles. The highest BCUT2D eigenvalue weighted by atomic mass is 16.2. The van der Waals surface area contributed by atoms with Crippen molar-refractivity contribution in [1.29, 1.82) is 5.26 Å². The number of benzene rings is 1. The topological polar surface area (TPSA) is 61.2 Å². The van der Waals surface area contributed by atoms with Gasteiger partial charge in [0.05, 0.1) is 18.2 Å². The van der Waals surface area contributed by atoms with Crippen LogP contribution in [0.2, 0.25) is 0 Å². The maximum Gasteiger partial charge on any atom is 0.223 e. The molecule has 1 unspecified atom stereocenters. The molecule has 1 saturated heterocycles. The maximum absolute atomic E-state index is 12.0. The van der Waals surface area contributed by atoms with E-state index in [1.807, 2.05) is 13.0 Å². The van der Waals surface area contributed by atoms with Crippen LogP contribution in [-0.2, 0) is 4.79 Å². The standard InChI is InChI=1S/C14H14N2O2/c1-10-6-14(18)16(8-10)9-13(17)12-4-2-11(7-15)3-5-12/h2-5,10H,6,8-9H2,1H3. The Balaban J connectivity index is 2.03. The van der Waals surface area contributed by atoms with Gasteiger partial charge in [-0.25, -0.2) is 0 Å². The van der Waals surface area contributed by atoms with Gasteiger partial charge in [-0.1, -0.05) is 19.1 Å². The van der Waals surface area contributed by atoms with Crippen LogP contribution in [0.3, 0.4) is 0 Å². The average molecular weight is 242 g/mol. The lowest BCUT2D eigenvalue weighted by Gasteiger charge is -2.14. The lowest BCUT2D eigenvalue weighted by atomic mass is 10.1. The second kappa shape index (κ2) is 5.01. The molecule has 0 aromatic heterocycles. The van der Waals surface area contributed by atoms with Gasteiger partial charge in [-0.3, -0.25) is 9.59 Å². The molecule has 92 valence electrons. The number of ketones is 1. The summed E-state index contributed by atoms with van der Waals surface area (Å²) < 4.78 is 0. The molecule has 1 aliphatic rings. The molecule has 4 heteroatoms. The van der Waals surface area contributed by atoms with Gasteiger partial charge in [-0.05, 0) is 18.1 Å². The average Bonchev–Trinajstić information content (AvgIpc) is 2.68. The van der Waals surface area contributed by atoms with Crippen LogP contribution in [0.4, 0.5) is 0 Å². The van der Waals surface area contributed by atoms with Crippen molar-refractivity contribution in [2.75, 3.05) is 13.1 Å². The number of carbonyl (C=O) groups excluding carboxylic acids is 2. The second-order valence-corrected chi connectivity index (χ2v) is 4.70. The van der Waals surface area contributed by atoms with Crippen molar-refractivity contribution in [3.8, 4) is 6.07 Å². The Morgan fingerprint density at radius 1 is 1.44 bits per heavy atom. The van der Waals surface area contributed by atoms with Crippen molar-refractivity contribution in [2.24, 2.45) is 5.92 Å². The number of nitrogens with zero attached hydrogens (tertiary/aromatic N) is 2. The first-order chi connectivity index (χ1) is 8.60. The molecule has 1 atom stereocenters. The van der Waals surface area contributed by atoms with Gasteiger partial charge in [0.25, 0.3) is 0 Å². The first kappa shape index (κ1) is 12.3. The summed E-state index contributed by atoms with van der Waals surface area (Å²) in [4.78, 5) is 25.2. The minimum atomic E-state index is -0.0815. The minimum Gasteiger partial charge on any atom is -0.335 e. The van der Waals surface area contributed by atoms with Gasteiger partial charge in [-0.2, -0.15) is 5.26 Å². The Labute approximate surface area is 106 Å². The third-order valence-corrected chi connectivity index (χ3v) is 3.08. The zero-order valence-corrected chi connectivity index (χ0v) is 10.2. The summed E-state index contributed by atoms with van der Waals surface area (Å²) >= 11 is 0. The fourth-order valence-corrected chi connectivity index (χ4v) is 2.12. The molecule has 0 radical (unpaired) electrons. The minimum absolute atomic E-state index is 0.0458. The number of rotatable bonds is 3. The normalized spacial score (nSPS) is 18.8. The van der Waals surface area contributed by atoms with Crippen LogP contribution in [0.25, 0.3) is 0 Å². The summed E-state index contributed by atoms with van der Waals surface area (Å²) in [5, 5.41) is 8.67. The number of Topliss-reactive ketones (excluding diaryl/α,β-unsaturated/α-hetero) is 1. The van der Waals surface area contributed by atoms with E-state index >= 15 is 0 Å². The molecule has 0 N–H and O–H groups in total. The fraction of sp³-hybridized carbons (Fsp3) is 0.357. The smallest absolute Gasteiger partial charge is 0.223 e. The van der Waals surface area contributed by atoms with E-state index in [4.69, 9.17) is 5.26 Å². The third-order valence-electron chi connectivity index (χ3n) is 3.08. The molecule has 0 spiro atoms. The number of likely N-dealkylation sites (tertiary alicyclic amines) is 1. The van der Waals surface area contributed by atoms with E-state index in [9.17, 15) is 9.59 Å². The van der Waals surface area contributed by atoms with E-state index in [0.717, 1.165) is 0 Å². The Morgan fingerprint density at radius 3 is 2.61 bits per heavy atom. The zero-order chi connectivity index (χ0) is 13.1.